The van der Waals surface area contributed by atoms with Gasteiger partial charge >= 0.3 is 7.82 Å². The lowest BCUT2D eigenvalue weighted by Crippen LogP contribution is -2.45. The van der Waals surface area contributed by atoms with E-state index in [1.807, 2.05) is 27.2 Å². The summed E-state index contributed by atoms with van der Waals surface area (Å²) in [7, 11) is 1.55. The molecule has 0 spiro atoms. The van der Waals surface area contributed by atoms with Crippen LogP contribution in [0.5, 0.6) is 0 Å². The first kappa shape index (κ1) is 74.7. The number of aliphatic hydroxyl groups is 1. The summed E-state index contributed by atoms with van der Waals surface area (Å²) in [5.74, 6) is -0.201. The minimum Gasteiger partial charge on any atom is -0.387 e. The van der Waals surface area contributed by atoms with Crippen LogP contribution < -0.4 is 5.32 Å². The van der Waals surface area contributed by atoms with Crippen LogP contribution in [0.1, 0.15) is 290 Å². The molecular formula is C68H126N2O6P+. The van der Waals surface area contributed by atoms with Crippen molar-refractivity contribution < 1.29 is 32.9 Å². The molecule has 0 heterocycles. The number of aliphatic hydroxyl groups excluding tert-OH is 1. The summed E-state index contributed by atoms with van der Waals surface area (Å²) in [4.78, 5) is 23.4. The number of nitrogens with one attached hydrogen (secondary N) is 1. The number of amides is 1. The smallest absolute Gasteiger partial charge is 0.387 e. The zero-order valence-corrected chi connectivity index (χ0v) is 52.1. The van der Waals surface area contributed by atoms with Crippen LogP contribution in [-0.2, 0) is 18.4 Å². The highest BCUT2D eigenvalue weighted by atomic mass is 31.2. The van der Waals surface area contributed by atoms with Crippen molar-refractivity contribution in [3.8, 4) is 0 Å². The van der Waals surface area contributed by atoms with E-state index in [0.717, 1.165) is 89.9 Å². The third-order valence-electron chi connectivity index (χ3n) is 14.4. The molecule has 0 rings (SSSR count). The number of phosphoric ester groups is 1. The molecule has 77 heavy (non-hydrogen) atoms. The van der Waals surface area contributed by atoms with E-state index in [2.05, 4.69) is 92.1 Å². The normalized spacial score (nSPS) is 14.3. The Bertz CT molecular complexity index is 1530. The predicted molar refractivity (Wildman–Crippen MR) is 336 cm³/mol. The zero-order chi connectivity index (χ0) is 56.3. The number of phosphoric acid groups is 1. The van der Waals surface area contributed by atoms with Crippen LogP contribution in [0.25, 0.3) is 0 Å². The van der Waals surface area contributed by atoms with Gasteiger partial charge in [0.25, 0.3) is 0 Å². The Labute approximate surface area is 477 Å². The van der Waals surface area contributed by atoms with Crippen molar-refractivity contribution in [1.29, 1.82) is 0 Å². The third kappa shape index (κ3) is 61.2. The van der Waals surface area contributed by atoms with Crippen LogP contribution in [-0.4, -0.2) is 73.4 Å². The second-order valence-electron chi connectivity index (χ2n) is 23.1. The van der Waals surface area contributed by atoms with E-state index in [4.69, 9.17) is 9.05 Å². The van der Waals surface area contributed by atoms with E-state index in [0.29, 0.717) is 17.4 Å². The van der Waals surface area contributed by atoms with Gasteiger partial charge in [0.05, 0.1) is 39.9 Å². The highest BCUT2D eigenvalue weighted by Crippen LogP contribution is 2.43. The van der Waals surface area contributed by atoms with Gasteiger partial charge in [0.2, 0.25) is 5.91 Å². The van der Waals surface area contributed by atoms with Gasteiger partial charge in [-0.25, -0.2) is 4.57 Å². The largest absolute Gasteiger partial charge is 0.472 e. The molecule has 3 atom stereocenters. The summed E-state index contributed by atoms with van der Waals surface area (Å²) in [6, 6.07) is -0.868. The van der Waals surface area contributed by atoms with E-state index < -0.39 is 20.0 Å². The van der Waals surface area contributed by atoms with Gasteiger partial charge in [0, 0.05) is 6.42 Å². The van der Waals surface area contributed by atoms with E-state index in [9.17, 15) is 19.4 Å². The fourth-order valence-corrected chi connectivity index (χ4v) is 10.1. The van der Waals surface area contributed by atoms with Gasteiger partial charge in [-0.05, 0) is 70.6 Å². The van der Waals surface area contributed by atoms with Crippen LogP contribution in [0.3, 0.4) is 0 Å². The van der Waals surface area contributed by atoms with Crippen molar-refractivity contribution in [2.45, 2.75) is 302 Å². The number of carbonyl (C=O) groups excluding carboxylic acids is 1. The molecule has 0 aliphatic carbocycles. The molecular weight excluding hydrogens is 972 g/mol. The van der Waals surface area contributed by atoms with Crippen LogP contribution in [0.4, 0.5) is 0 Å². The number of nitrogens with zero attached hydrogens (tertiary/aromatic N) is 1. The Morgan fingerprint density at radius 2 is 0.779 bits per heavy atom. The Morgan fingerprint density at radius 3 is 1.14 bits per heavy atom. The molecule has 0 saturated carbocycles. The van der Waals surface area contributed by atoms with Gasteiger partial charge in [0.1, 0.15) is 13.2 Å². The standard InChI is InChI=1S/C68H125N2O6P/c1-6-8-10-12-14-16-18-20-22-24-26-28-30-31-32-33-34-35-36-37-38-40-41-43-45-47-49-51-53-55-57-59-61-67(71)66(65-76-77(73,74)75-64-63-70(3,4)5)69-68(72)62-60-58-56-54-52-50-48-46-44-42-39-29-27-25-23-21-19-17-15-13-11-9-7-2/h9,11,15,17,21,23,27,29,42,44,48,50,59,61,66-67,71H,6-8,10,12-14,16,18-20,22,24-26,28,30-41,43,45-47,49,51-58,60,62-65H2,1-5H3,(H-,69,72,73,74)/p+1/b11-9-,17-15-,23-21-,29-27-,44-42-,50-48-,61-59+. The summed E-state index contributed by atoms with van der Waals surface area (Å²) in [5.41, 5.74) is 0. The van der Waals surface area contributed by atoms with Crippen molar-refractivity contribution in [2.75, 3.05) is 40.9 Å². The fourth-order valence-electron chi connectivity index (χ4n) is 9.34. The highest BCUT2D eigenvalue weighted by Gasteiger charge is 2.27. The van der Waals surface area contributed by atoms with Gasteiger partial charge in [0.15, 0.2) is 0 Å². The molecule has 448 valence electrons. The maximum absolute atomic E-state index is 13.0. The predicted octanol–water partition coefficient (Wildman–Crippen LogP) is 20.4. The van der Waals surface area contributed by atoms with Crippen LogP contribution >= 0.6 is 7.82 Å². The van der Waals surface area contributed by atoms with E-state index in [1.165, 1.54) is 180 Å². The number of allylic oxidation sites excluding steroid dienone is 13. The molecule has 0 saturated heterocycles. The summed E-state index contributed by atoms with van der Waals surface area (Å²) in [6.45, 7) is 4.70. The summed E-state index contributed by atoms with van der Waals surface area (Å²) in [5, 5.41) is 14.0. The number of hydrogen-bond donors (Lipinski definition) is 3. The maximum atomic E-state index is 13.0. The Kier molecular flexibility index (Phi) is 56.6. The second-order valence-corrected chi connectivity index (χ2v) is 24.6. The Balaban J connectivity index is 4.16. The lowest BCUT2D eigenvalue weighted by atomic mass is 10.0. The van der Waals surface area contributed by atoms with E-state index >= 15 is 0 Å². The molecule has 9 heteroatoms. The quantitative estimate of drug-likeness (QED) is 0.0243. The van der Waals surface area contributed by atoms with Crippen LogP contribution in [0, 0.1) is 0 Å². The van der Waals surface area contributed by atoms with Crippen molar-refractivity contribution in [1.82, 2.24) is 5.32 Å². The number of likely N-dealkylation sites (N-methyl/N-ethyl adjacent to an activating group) is 1. The highest BCUT2D eigenvalue weighted by molar-refractivity contribution is 7.47. The van der Waals surface area contributed by atoms with Gasteiger partial charge in [-0.2, -0.15) is 0 Å². The first-order valence-corrected chi connectivity index (χ1v) is 34.0. The summed E-state index contributed by atoms with van der Waals surface area (Å²) >= 11 is 0. The summed E-state index contributed by atoms with van der Waals surface area (Å²) in [6.07, 6.45) is 82.9. The topological polar surface area (TPSA) is 105 Å². The molecule has 0 aromatic carbocycles. The fraction of sp³-hybridized carbons (Fsp3) is 0.779. The van der Waals surface area contributed by atoms with Gasteiger partial charge in [-0.15, -0.1) is 0 Å². The van der Waals surface area contributed by atoms with Crippen LogP contribution in [0.2, 0.25) is 0 Å². The maximum Gasteiger partial charge on any atom is 0.472 e. The Morgan fingerprint density at radius 1 is 0.455 bits per heavy atom. The van der Waals surface area contributed by atoms with E-state index in [1.54, 1.807) is 6.08 Å². The number of carbonyl (C=O) groups is 1. The molecule has 0 aromatic rings. The van der Waals surface area contributed by atoms with Gasteiger partial charge < -0.3 is 19.8 Å². The minimum atomic E-state index is -4.36. The number of hydrogen-bond acceptors (Lipinski definition) is 5. The van der Waals surface area contributed by atoms with Crippen LogP contribution in [0.15, 0.2) is 85.1 Å². The number of quaternary nitrogens is 1. The molecule has 0 aromatic heterocycles. The first-order chi connectivity index (χ1) is 37.5. The molecule has 3 unspecified atom stereocenters. The minimum absolute atomic E-state index is 0.0521. The lowest BCUT2D eigenvalue weighted by molar-refractivity contribution is -0.870. The molecule has 3 N–H and O–H groups in total. The molecule has 1 amide bonds. The molecule has 8 nitrogen and oxygen atoms in total. The molecule has 0 aliphatic heterocycles. The second kappa shape index (κ2) is 58.3. The number of unbranched alkanes of at least 4 members (excludes halogenated alkanes) is 34. The van der Waals surface area contributed by atoms with Crippen molar-refractivity contribution in [2.24, 2.45) is 0 Å². The lowest BCUT2D eigenvalue weighted by Gasteiger charge is -2.25. The Hall–Kier alpha value is -2.32. The molecule has 0 bridgehead atoms. The molecule has 0 fully saturated rings. The average Bonchev–Trinajstić information content (AvgIpc) is 3.39. The van der Waals surface area contributed by atoms with E-state index in [-0.39, 0.29) is 19.1 Å². The van der Waals surface area contributed by atoms with Gasteiger partial charge in [-0.3, -0.25) is 13.8 Å². The monoisotopic (exact) mass is 1100 g/mol. The zero-order valence-electron chi connectivity index (χ0n) is 51.2. The number of rotatable bonds is 59. The third-order valence-corrected chi connectivity index (χ3v) is 15.4. The molecule has 0 radical (unpaired) electrons. The van der Waals surface area contributed by atoms with Crippen molar-refractivity contribution in [3.05, 3.63) is 85.1 Å². The average molecular weight is 1100 g/mol. The summed E-state index contributed by atoms with van der Waals surface area (Å²) < 4.78 is 23.8. The SMILES string of the molecule is CC/C=C\C/C=C\C/C=C\C/C=C\C/C=C\C/C=C\CCCCCCC(=O)NC(COP(=O)(O)OCC[N+](C)(C)C)C(O)/C=C/CCCCCCCCCCCCCCCCCCCCCCCCCCCCCCCC. The van der Waals surface area contributed by atoms with Gasteiger partial charge in [-0.1, -0.05) is 298 Å². The van der Waals surface area contributed by atoms with Crippen molar-refractivity contribution in [3.63, 3.8) is 0 Å². The first-order valence-electron chi connectivity index (χ1n) is 32.5. The van der Waals surface area contributed by atoms with Crippen molar-refractivity contribution >= 4 is 13.7 Å². The molecule has 0 aliphatic rings.